The van der Waals surface area contributed by atoms with Gasteiger partial charge in [0.05, 0.1) is 5.69 Å². The Hall–Kier alpha value is -2.55. The van der Waals surface area contributed by atoms with Gasteiger partial charge in [0.1, 0.15) is 0 Å². The molecular weight excluding hydrogens is 417 g/mol. The highest BCUT2D eigenvalue weighted by molar-refractivity contribution is 14.1. The van der Waals surface area contributed by atoms with Crippen LogP contribution in [-0.2, 0) is 0 Å². The smallest absolute Gasteiger partial charge is 0.181 e. The Bertz CT molecular complexity index is 886. The molecule has 0 saturated carbocycles. The van der Waals surface area contributed by atoms with Crippen LogP contribution in [0.4, 0.5) is 5.69 Å². The third-order valence-corrected chi connectivity index (χ3v) is 4.06. The zero-order valence-electron chi connectivity index (χ0n) is 12.8. The van der Waals surface area contributed by atoms with Gasteiger partial charge in [-0.05, 0) is 76.3 Å². The maximum absolute atomic E-state index is 11.6. The van der Waals surface area contributed by atoms with Gasteiger partial charge in [0.15, 0.2) is 11.6 Å². The number of para-hydroxylation sites is 1. The molecule has 0 atom stereocenters. The van der Waals surface area contributed by atoms with E-state index in [9.17, 15) is 4.79 Å². The highest BCUT2D eigenvalue weighted by atomic mass is 127. The van der Waals surface area contributed by atoms with Crippen LogP contribution >= 0.6 is 22.6 Å². The Morgan fingerprint density at radius 2 is 1.92 bits per heavy atom. The number of ketones is 1. The number of nitrogens with zero attached hydrogens (tertiary/aromatic N) is 4. The van der Waals surface area contributed by atoms with Gasteiger partial charge in [-0.1, -0.05) is 12.1 Å². The van der Waals surface area contributed by atoms with E-state index in [-0.39, 0.29) is 5.78 Å². The molecule has 0 spiro atoms. The second-order valence-electron chi connectivity index (χ2n) is 5.00. The molecule has 24 heavy (non-hydrogen) atoms. The monoisotopic (exact) mass is 431 g/mol. The molecule has 3 rings (SSSR count). The third kappa shape index (κ3) is 3.67. The van der Waals surface area contributed by atoms with Crippen molar-refractivity contribution < 1.29 is 4.79 Å². The van der Waals surface area contributed by atoms with Gasteiger partial charge in [-0.25, -0.2) is 0 Å². The number of nitrogens with one attached hydrogen (secondary N) is 1. The fourth-order valence-electron chi connectivity index (χ4n) is 2.19. The molecule has 0 aliphatic carbocycles. The second kappa shape index (κ2) is 7.35. The van der Waals surface area contributed by atoms with Crippen LogP contribution in [-0.4, -0.2) is 26.0 Å². The van der Waals surface area contributed by atoms with Crippen molar-refractivity contribution >= 4 is 40.1 Å². The van der Waals surface area contributed by atoms with E-state index in [0.717, 1.165) is 14.9 Å². The molecule has 1 N–H and O–H groups in total. The quantitative estimate of drug-likeness (QED) is 0.494. The van der Waals surface area contributed by atoms with Crippen molar-refractivity contribution in [3.8, 4) is 5.69 Å². The van der Waals surface area contributed by atoms with Crippen LogP contribution in [0.2, 0.25) is 0 Å². The van der Waals surface area contributed by atoms with Crippen molar-refractivity contribution in [2.24, 2.45) is 0 Å². The second-order valence-corrected chi connectivity index (χ2v) is 6.25. The average molecular weight is 431 g/mol. The van der Waals surface area contributed by atoms with Gasteiger partial charge in [0.2, 0.25) is 0 Å². The molecule has 0 aliphatic rings. The van der Waals surface area contributed by atoms with E-state index in [1.54, 1.807) is 29.9 Å². The molecule has 2 aromatic carbocycles. The lowest BCUT2D eigenvalue weighted by Gasteiger charge is -2.06. The zero-order chi connectivity index (χ0) is 16.9. The van der Waals surface area contributed by atoms with Gasteiger partial charge < -0.3 is 5.32 Å². The van der Waals surface area contributed by atoms with Gasteiger partial charge >= 0.3 is 0 Å². The minimum Gasteiger partial charge on any atom is -0.361 e. The van der Waals surface area contributed by atoms with Gasteiger partial charge in [-0.3, -0.25) is 4.79 Å². The molecule has 1 aromatic heterocycles. The number of carbonyl (C=O) groups is 1. The summed E-state index contributed by atoms with van der Waals surface area (Å²) in [6.07, 6.45) is 3.48. The molecule has 7 heteroatoms. The highest BCUT2D eigenvalue weighted by Crippen LogP contribution is 2.16. The van der Waals surface area contributed by atoms with Gasteiger partial charge in [0.25, 0.3) is 0 Å². The van der Waals surface area contributed by atoms with E-state index in [4.69, 9.17) is 0 Å². The molecule has 6 nitrogen and oxygen atoms in total. The molecule has 3 aromatic rings. The summed E-state index contributed by atoms with van der Waals surface area (Å²) in [6, 6.07) is 15.2. The van der Waals surface area contributed by atoms with E-state index in [0.29, 0.717) is 11.4 Å². The van der Waals surface area contributed by atoms with Crippen molar-refractivity contribution in [2.75, 3.05) is 5.32 Å². The molecule has 0 amide bonds. The molecule has 0 radical (unpaired) electrons. The van der Waals surface area contributed by atoms with Crippen LogP contribution in [0.1, 0.15) is 23.1 Å². The summed E-state index contributed by atoms with van der Waals surface area (Å²) in [5, 5.41) is 14.8. The first-order valence-electron chi connectivity index (χ1n) is 7.22. The lowest BCUT2D eigenvalue weighted by molar-refractivity contribution is 0.101. The van der Waals surface area contributed by atoms with E-state index < -0.39 is 0 Å². The van der Waals surface area contributed by atoms with Crippen LogP contribution in [0.15, 0.2) is 54.7 Å². The number of aromatic nitrogens is 4. The number of benzene rings is 2. The first kappa shape index (κ1) is 16.3. The van der Waals surface area contributed by atoms with E-state index in [1.165, 1.54) is 0 Å². The number of hydrogen-bond acceptors (Lipinski definition) is 5. The Kier molecular flexibility index (Phi) is 4.99. The summed E-state index contributed by atoms with van der Waals surface area (Å²) in [4.78, 5) is 11.6. The Labute approximate surface area is 152 Å². The van der Waals surface area contributed by atoms with Crippen molar-refractivity contribution in [1.82, 2.24) is 20.2 Å². The van der Waals surface area contributed by atoms with E-state index in [1.807, 2.05) is 42.5 Å². The predicted molar refractivity (Wildman–Crippen MR) is 101 cm³/mol. The fourth-order valence-corrected chi connectivity index (χ4v) is 2.55. The zero-order valence-corrected chi connectivity index (χ0v) is 15.0. The molecule has 0 saturated heterocycles. The maximum Gasteiger partial charge on any atom is 0.181 e. The van der Waals surface area contributed by atoms with Crippen LogP contribution in [0.25, 0.3) is 11.8 Å². The standard InChI is InChI=1S/C17H14IN5O/c1-12(24)15-4-2-3-5-16(15)19-11-10-17-20-21-22-23(17)14-8-6-13(18)7-9-14/h2-11,19H,1H3/b11-10-. The lowest BCUT2D eigenvalue weighted by Crippen LogP contribution is -2.01. The van der Waals surface area contributed by atoms with E-state index >= 15 is 0 Å². The minimum atomic E-state index is 0.00946. The Balaban J connectivity index is 1.81. The maximum atomic E-state index is 11.6. The summed E-state index contributed by atoms with van der Waals surface area (Å²) in [6.45, 7) is 1.54. The van der Waals surface area contributed by atoms with Crippen LogP contribution < -0.4 is 5.32 Å². The molecular formula is C17H14IN5O. The first-order chi connectivity index (χ1) is 11.6. The number of anilines is 1. The van der Waals surface area contributed by atoms with Gasteiger partial charge in [0, 0.05) is 27.1 Å². The lowest BCUT2D eigenvalue weighted by atomic mass is 10.1. The minimum absolute atomic E-state index is 0.00946. The van der Waals surface area contributed by atoms with Crippen molar-refractivity contribution in [3.63, 3.8) is 0 Å². The highest BCUT2D eigenvalue weighted by Gasteiger charge is 2.06. The largest absolute Gasteiger partial charge is 0.361 e. The Morgan fingerprint density at radius 1 is 1.17 bits per heavy atom. The molecule has 0 unspecified atom stereocenters. The van der Waals surface area contributed by atoms with E-state index in [2.05, 4.69) is 43.4 Å². The summed E-state index contributed by atoms with van der Waals surface area (Å²) in [5.41, 5.74) is 2.26. The molecule has 120 valence electrons. The van der Waals surface area contributed by atoms with Crippen molar-refractivity contribution in [1.29, 1.82) is 0 Å². The summed E-state index contributed by atoms with van der Waals surface area (Å²) in [7, 11) is 0. The number of carbonyl (C=O) groups excluding carboxylic acids is 1. The molecule has 1 heterocycles. The molecule has 0 bridgehead atoms. The number of halogens is 1. The third-order valence-electron chi connectivity index (χ3n) is 3.34. The Morgan fingerprint density at radius 3 is 2.67 bits per heavy atom. The summed E-state index contributed by atoms with van der Waals surface area (Å²) >= 11 is 2.25. The normalized spacial score (nSPS) is 10.9. The first-order valence-corrected chi connectivity index (χ1v) is 8.30. The number of tetrazole rings is 1. The topological polar surface area (TPSA) is 72.7 Å². The van der Waals surface area contributed by atoms with Crippen LogP contribution in [0.3, 0.4) is 0 Å². The van der Waals surface area contributed by atoms with Crippen LogP contribution in [0.5, 0.6) is 0 Å². The number of hydrogen-bond donors (Lipinski definition) is 1. The SMILES string of the molecule is CC(=O)c1ccccc1N/C=C\c1nnnn1-c1ccc(I)cc1. The fraction of sp³-hybridized carbons (Fsp3) is 0.0588. The van der Waals surface area contributed by atoms with Crippen LogP contribution in [0, 0.1) is 3.57 Å². The summed E-state index contributed by atoms with van der Waals surface area (Å²) in [5.74, 6) is 0.597. The number of rotatable bonds is 5. The average Bonchev–Trinajstić information content (AvgIpc) is 3.04. The van der Waals surface area contributed by atoms with Crippen molar-refractivity contribution in [3.05, 3.63) is 69.7 Å². The number of Topliss-reactive ketones (excluding diaryl/α,β-unsaturated/α-hetero) is 1. The summed E-state index contributed by atoms with van der Waals surface area (Å²) < 4.78 is 2.79. The van der Waals surface area contributed by atoms with Crippen molar-refractivity contribution in [2.45, 2.75) is 6.92 Å². The van der Waals surface area contributed by atoms with Gasteiger partial charge in [-0.15, -0.1) is 5.10 Å². The molecule has 0 aliphatic heterocycles. The predicted octanol–water partition coefficient (Wildman–Crippen LogP) is 3.55. The van der Waals surface area contributed by atoms with Gasteiger partial charge in [-0.2, -0.15) is 4.68 Å². The molecule has 0 fully saturated rings.